The Morgan fingerprint density at radius 2 is 1.62 bits per heavy atom. The minimum atomic E-state index is -2.01. The molecule has 5 saturated heterocycles. The molecule has 0 aromatic rings. The van der Waals surface area contributed by atoms with Crippen molar-refractivity contribution in [2.24, 2.45) is 29.1 Å². The lowest BCUT2D eigenvalue weighted by atomic mass is 9.70. The van der Waals surface area contributed by atoms with Gasteiger partial charge in [-0.25, -0.2) is 0 Å². The van der Waals surface area contributed by atoms with E-state index in [0.717, 1.165) is 18.4 Å². The maximum atomic E-state index is 14.8. The normalized spacial score (nSPS) is 44.7. The number of carbonyl (C=O) groups is 3. The Morgan fingerprint density at radius 3 is 2.31 bits per heavy atom. The van der Waals surface area contributed by atoms with E-state index in [1.54, 1.807) is 40.2 Å². The van der Waals surface area contributed by atoms with Crippen LogP contribution in [0.4, 0.5) is 0 Å². The third-order valence-corrected chi connectivity index (χ3v) is 16.3. The first-order chi connectivity index (χ1) is 33.5. The molecule has 17 heteroatoms. The SMILES string of the molecule is CC[C@H](C)[C@H]1O[C@]2(CC[C@@H]1C)CC1C[C@@H](C/C=C(\C)[C@@H](O[C@H]3C[C@H](OC)[C@@H](O[C@H]4C[C@H](OC)[C@@H](O)[C@H](C)O4)[C@H](C)O3)[C@@H](C)/C=C/C=C3\CO[C@@H]4[C@H](OC(=O)CC(C)(C)C(=O)O)C(C)=C[C@@H](C(=O)O1)[C@]34O)O2. The number of rotatable bonds is 12. The quantitative estimate of drug-likeness (QED) is 0.138. The number of allylic oxidation sites excluding steroid dienone is 2. The molecule has 6 aliphatic heterocycles. The fraction of sp³-hybridized carbons (Fsp3) is 0.796. The highest BCUT2D eigenvalue weighted by atomic mass is 16.7. The molecule has 1 unspecified atom stereocenters. The molecule has 17 nitrogen and oxygen atoms in total. The molecule has 7 aliphatic rings. The Kier molecular flexibility index (Phi) is 17.9. The predicted octanol–water partition coefficient (Wildman–Crippen LogP) is 6.65. The summed E-state index contributed by atoms with van der Waals surface area (Å²) in [4.78, 5) is 40.1. The third kappa shape index (κ3) is 12.1. The molecule has 1 aliphatic carbocycles. The third-order valence-electron chi connectivity index (χ3n) is 16.3. The van der Waals surface area contributed by atoms with Crippen LogP contribution in [0.25, 0.3) is 0 Å². The number of ether oxygens (including phenoxy) is 11. The van der Waals surface area contributed by atoms with Crippen LogP contribution >= 0.6 is 0 Å². The molecular weight excluding hydrogens is 921 g/mol. The molecule has 0 aromatic heterocycles. The van der Waals surface area contributed by atoms with E-state index in [1.807, 2.05) is 32.9 Å². The lowest BCUT2D eigenvalue weighted by molar-refractivity contribution is -0.340. The summed E-state index contributed by atoms with van der Waals surface area (Å²) in [6, 6.07) is 0. The molecule has 20 atom stereocenters. The molecule has 71 heavy (non-hydrogen) atoms. The van der Waals surface area contributed by atoms with Gasteiger partial charge in [0, 0.05) is 52.2 Å². The topological polar surface area (TPSA) is 213 Å². The summed E-state index contributed by atoms with van der Waals surface area (Å²) in [6.45, 7) is 18.8. The average molecular weight is 1000 g/mol. The number of aliphatic carboxylic acids is 1. The highest BCUT2D eigenvalue weighted by molar-refractivity contribution is 5.82. The zero-order valence-corrected chi connectivity index (χ0v) is 43.9. The van der Waals surface area contributed by atoms with Crippen LogP contribution in [0.1, 0.15) is 127 Å². The van der Waals surface area contributed by atoms with Gasteiger partial charge in [-0.15, -0.1) is 0 Å². The molecule has 1 spiro atoms. The fourth-order valence-corrected chi connectivity index (χ4v) is 11.7. The van der Waals surface area contributed by atoms with E-state index >= 15 is 0 Å². The Hall–Kier alpha value is -3.07. The second kappa shape index (κ2) is 22.8. The van der Waals surface area contributed by atoms with Crippen molar-refractivity contribution in [2.75, 3.05) is 20.8 Å². The Morgan fingerprint density at radius 1 is 0.930 bits per heavy atom. The standard InChI is InChI=1S/C54H82O17/c1-13-28(2)46-31(5)19-20-53(71-46)25-37-22-36(70-53)18-17-30(4)45(68-43-24-40(62-12)48(34(8)65-43)69-42-23-39(61-11)44(56)33(7)64-42)29(3)15-14-16-35-27-63-49-47(67-41(55)26-52(9,10)51(58)59)32(6)21-38(50(57)66-37)54(35,49)60/h14-17,21,28-29,31,33-34,36-40,42-49,56,60H,13,18-20,22-27H2,1-12H3,(H,58,59)/b15-14+,30-17+,35-16+/t28-,29-,31-,33-,34-,36+,37?,38-,39-,40-,42-,43-,44-,45-,46+,47+,48-,49+,53+,54+/m0/s1. The number of aliphatic hydroxyl groups is 2. The predicted molar refractivity (Wildman–Crippen MR) is 257 cm³/mol. The number of carbonyl (C=O) groups excluding carboxylic acids is 2. The number of hydrogen-bond acceptors (Lipinski definition) is 16. The van der Waals surface area contributed by atoms with E-state index < -0.39 is 127 Å². The molecule has 5 fully saturated rings. The van der Waals surface area contributed by atoms with Gasteiger partial charge in [0.25, 0.3) is 0 Å². The number of hydrogen-bond donors (Lipinski definition) is 3. The van der Waals surface area contributed by atoms with Crippen LogP contribution in [0.3, 0.4) is 0 Å². The first-order valence-electron chi connectivity index (χ1n) is 25.9. The van der Waals surface area contributed by atoms with Crippen LogP contribution in [0.2, 0.25) is 0 Å². The number of carboxylic acids is 1. The van der Waals surface area contributed by atoms with Gasteiger partial charge in [-0.3, -0.25) is 14.4 Å². The van der Waals surface area contributed by atoms with Gasteiger partial charge >= 0.3 is 17.9 Å². The summed E-state index contributed by atoms with van der Waals surface area (Å²) in [7, 11) is 3.19. The summed E-state index contributed by atoms with van der Waals surface area (Å²) in [5.74, 6) is -4.54. The fourth-order valence-electron chi connectivity index (χ4n) is 11.7. The zero-order valence-electron chi connectivity index (χ0n) is 43.9. The minimum absolute atomic E-state index is 0.0633. The lowest BCUT2D eigenvalue weighted by Crippen LogP contribution is -2.59. The van der Waals surface area contributed by atoms with Crippen LogP contribution < -0.4 is 0 Å². The highest BCUT2D eigenvalue weighted by Gasteiger charge is 2.61. The summed E-state index contributed by atoms with van der Waals surface area (Å²) in [5.41, 5.74) is -1.64. The summed E-state index contributed by atoms with van der Waals surface area (Å²) in [5, 5.41) is 33.3. The van der Waals surface area contributed by atoms with Crippen molar-refractivity contribution in [1.29, 1.82) is 0 Å². The van der Waals surface area contributed by atoms with Crippen molar-refractivity contribution in [3.63, 3.8) is 0 Å². The first kappa shape index (κ1) is 55.7. The van der Waals surface area contributed by atoms with Crippen molar-refractivity contribution < 1.29 is 81.8 Å². The van der Waals surface area contributed by atoms with Gasteiger partial charge in [0.05, 0.1) is 61.2 Å². The molecule has 400 valence electrons. The van der Waals surface area contributed by atoms with Crippen molar-refractivity contribution in [1.82, 2.24) is 0 Å². The van der Waals surface area contributed by atoms with Crippen molar-refractivity contribution >= 4 is 17.9 Å². The van der Waals surface area contributed by atoms with Gasteiger partial charge in [-0.2, -0.15) is 0 Å². The van der Waals surface area contributed by atoms with Gasteiger partial charge in [-0.05, 0) is 82.9 Å². The number of aliphatic hydroxyl groups excluding tert-OH is 1. The maximum Gasteiger partial charge on any atom is 0.316 e. The molecule has 6 heterocycles. The monoisotopic (exact) mass is 1000 g/mol. The molecular formula is C54H82O17. The molecule has 0 aromatic carbocycles. The molecule has 0 amide bonds. The van der Waals surface area contributed by atoms with Crippen LogP contribution in [0, 0.1) is 29.1 Å². The number of methoxy groups -OCH3 is 2. The largest absolute Gasteiger partial charge is 0.481 e. The zero-order chi connectivity index (χ0) is 51.7. The van der Waals surface area contributed by atoms with E-state index in [1.165, 1.54) is 13.8 Å². The average Bonchev–Trinajstić information content (AvgIpc) is 3.65. The van der Waals surface area contributed by atoms with Crippen LogP contribution in [0.5, 0.6) is 0 Å². The van der Waals surface area contributed by atoms with Crippen LogP contribution in [-0.4, -0.2) is 151 Å². The lowest BCUT2D eigenvalue weighted by Gasteiger charge is -2.51. The maximum absolute atomic E-state index is 14.8. The summed E-state index contributed by atoms with van der Waals surface area (Å²) < 4.78 is 70.4. The van der Waals surface area contributed by atoms with Crippen molar-refractivity contribution in [3.05, 3.63) is 47.1 Å². The number of esters is 2. The Bertz CT molecular complexity index is 2010. The van der Waals surface area contributed by atoms with Gasteiger partial charge in [0.15, 0.2) is 24.5 Å². The van der Waals surface area contributed by atoms with Crippen molar-refractivity contribution in [3.8, 4) is 0 Å². The number of fused-ring (bicyclic) bond motifs is 2. The number of carboxylic acid groups (broad SMARTS) is 1. The first-order valence-corrected chi connectivity index (χ1v) is 25.9. The Labute approximate surface area is 419 Å². The smallest absolute Gasteiger partial charge is 0.316 e. The second-order valence-electron chi connectivity index (χ2n) is 22.2. The molecule has 7 rings (SSSR count). The summed E-state index contributed by atoms with van der Waals surface area (Å²) >= 11 is 0. The van der Waals surface area contributed by atoms with Gasteiger partial charge < -0.3 is 67.4 Å². The van der Waals surface area contributed by atoms with E-state index in [-0.39, 0.29) is 24.5 Å². The van der Waals surface area contributed by atoms with E-state index in [9.17, 15) is 29.7 Å². The Balaban J connectivity index is 1.21. The highest BCUT2D eigenvalue weighted by Crippen LogP contribution is 2.49. The second-order valence-corrected chi connectivity index (χ2v) is 22.2. The molecule has 2 bridgehead atoms. The molecule has 3 N–H and O–H groups in total. The van der Waals surface area contributed by atoms with Crippen LogP contribution in [0.15, 0.2) is 47.1 Å². The minimum Gasteiger partial charge on any atom is -0.481 e. The van der Waals surface area contributed by atoms with E-state index in [2.05, 4.69) is 26.8 Å². The van der Waals surface area contributed by atoms with Gasteiger partial charge in [-0.1, -0.05) is 64.5 Å². The molecule has 0 saturated carbocycles. The van der Waals surface area contributed by atoms with E-state index in [0.29, 0.717) is 55.6 Å². The van der Waals surface area contributed by atoms with Gasteiger partial charge in [0.1, 0.15) is 35.9 Å². The van der Waals surface area contributed by atoms with Crippen LogP contribution in [-0.2, 0) is 66.5 Å². The van der Waals surface area contributed by atoms with Crippen molar-refractivity contribution in [2.45, 2.75) is 224 Å². The van der Waals surface area contributed by atoms with Gasteiger partial charge in [0.2, 0.25) is 0 Å². The molecule has 0 radical (unpaired) electrons. The summed E-state index contributed by atoms with van der Waals surface area (Å²) in [6.07, 6.45) is 4.67. The van der Waals surface area contributed by atoms with E-state index in [4.69, 9.17) is 52.1 Å².